The molecule has 4 N–H and O–H groups in total. The van der Waals surface area contributed by atoms with E-state index in [4.69, 9.17) is 5.73 Å². The number of nitrogens with zero attached hydrogens (tertiary/aromatic N) is 5. The number of oxime groups is 1. The summed E-state index contributed by atoms with van der Waals surface area (Å²) in [4.78, 5) is 46.7. The smallest absolute Gasteiger partial charge is 0.425 e. The second-order valence-electron chi connectivity index (χ2n) is 7.45. The summed E-state index contributed by atoms with van der Waals surface area (Å²) in [6.07, 6.45) is -1.20. The SMILES string of the molecule is Nc1nc(/C(=N\OCC(F)(F)F)C(=O)NC2C(=O)N3C(C(=O)O)=C(C[n+]4ccccc4)CS[C@H]23)ns1. The number of nitrogen functional groups attached to an aromatic ring is 1. The monoisotopic (exact) mass is 544 g/mol. The maximum Gasteiger partial charge on any atom is 0.425 e. The molecule has 2 aromatic rings. The standard InChI is InChI=1S/C19H16F3N7O5S2/c20-19(21,22)8-34-26-10(13-25-18(23)36-27-13)14(30)24-11-15(31)29-12(17(32)33)9(7-35-16(11)29)6-28-4-2-1-3-5-28/h1-5,11,16H,6-8H2,(H3-,23,24,25,27,30,32,33)/p+1/b26-10+/t11?,16-/m1/s1. The number of carbonyl (C=O) groups is 3. The number of amides is 2. The molecule has 190 valence electrons. The number of nitrogens with two attached hydrogens (primary N) is 1. The van der Waals surface area contributed by atoms with E-state index in [-0.39, 0.29) is 29.0 Å². The highest BCUT2D eigenvalue weighted by Crippen LogP contribution is 2.40. The number of carboxylic acid groups (broad SMARTS) is 1. The first-order valence-corrected chi connectivity index (χ1v) is 11.9. The van der Waals surface area contributed by atoms with Gasteiger partial charge in [0, 0.05) is 35.0 Å². The molecule has 0 saturated carbocycles. The number of hydrogen-bond acceptors (Lipinski definition) is 10. The number of thioether (sulfide) groups is 1. The molecule has 36 heavy (non-hydrogen) atoms. The molecular formula is C19H17F3N7O5S2+. The molecule has 2 amide bonds. The van der Waals surface area contributed by atoms with Crippen LogP contribution in [0.1, 0.15) is 5.82 Å². The summed E-state index contributed by atoms with van der Waals surface area (Å²) < 4.78 is 42.9. The lowest BCUT2D eigenvalue weighted by molar-refractivity contribution is -0.689. The van der Waals surface area contributed by atoms with Gasteiger partial charge < -0.3 is 21.0 Å². The molecule has 2 aliphatic rings. The van der Waals surface area contributed by atoms with E-state index in [1.54, 1.807) is 29.1 Å². The molecule has 4 rings (SSSR count). The number of nitrogens with one attached hydrogen (secondary N) is 1. The van der Waals surface area contributed by atoms with Gasteiger partial charge in [-0.3, -0.25) is 14.5 Å². The predicted octanol–water partition coefficient (Wildman–Crippen LogP) is 0.130. The first kappa shape index (κ1) is 25.4. The predicted molar refractivity (Wildman–Crippen MR) is 119 cm³/mol. The lowest BCUT2D eigenvalue weighted by atomic mass is 10.0. The van der Waals surface area contributed by atoms with Crippen molar-refractivity contribution in [1.29, 1.82) is 0 Å². The Bertz CT molecular complexity index is 1250. The first-order valence-electron chi connectivity index (χ1n) is 10.1. The highest BCUT2D eigenvalue weighted by molar-refractivity contribution is 8.00. The van der Waals surface area contributed by atoms with Crippen LogP contribution in [0.2, 0.25) is 0 Å². The molecule has 2 aromatic heterocycles. The Kier molecular flexibility index (Phi) is 7.11. The Balaban J connectivity index is 1.52. The Hall–Kier alpha value is -3.73. The quantitative estimate of drug-likeness (QED) is 0.181. The molecule has 4 heterocycles. The average Bonchev–Trinajstić information content (AvgIpc) is 3.25. The van der Waals surface area contributed by atoms with Crippen molar-refractivity contribution in [2.75, 3.05) is 18.1 Å². The molecule has 0 radical (unpaired) electrons. The maximum atomic E-state index is 12.9. The number of carbonyl (C=O) groups excluding carboxylic acids is 2. The Labute approximate surface area is 208 Å². The van der Waals surface area contributed by atoms with E-state index in [9.17, 15) is 32.7 Å². The average molecular weight is 545 g/mol. The second-order valence-corrected chi connectivity index (χ2v) is 9.34. The van der Waals surface area contributed by atoms with Crippen LogP contribution in [-0.2, 0) is 25.8 Å². The molecule has 0 bridgehead atoms. The van der Waals surface area contributed by atoms with Crippen molar-refractivity contribution >= 4 is 51.9 Å². The van der Waals surface area contributed by atoms with Gasteiger partial charge in [0.2, 0.25) is 18.1 Å². The van der Waals surface area contributed by atoms with E-state index in [0.29, 0.717) is 17.1 Å². The van der Waals surface area contributed by atoms with E-state index in [0.717, 1.165) is 4.90 Å². The van der Waals surface area contributed by atoms with Gasteiger partial charge in [0.15, 0.2) is 24.1 Å². The van der Waals surface area contributed by atoms with Gasteiger partial charge in [0.05, 0.1) is 0 Å². The van der Waals surface area contributed by atoms with Crippen LogP contribution in [0.3, 0.4) is 0 Å². The number of alkyl halides is 3. The van der Waals surface area contributed by atoms with Gasteiger partial charge in [0.25, 0.3) is 11.8 Å². The fourth-order valence-corrected chi connectivity index (χ4v) is 5.23. The van der Waals surface area contributed by atoms with E-state index in [1.807, 2.05) is 6.07 Å². The number of anilines is 1. The Morgan fingerprint density at radius 2 is 2.06 bits per heavy atom. The van der Waals surface area contributed by atoms with Crippen LogP contribution >= 0.6 is 23.3 Å². The summed E-state index contributed by atoms with van der Waals surface area (Å²) in [5.41, 5.74) is 5.10. The number of carboxylic acids is 1. The summed E-state index contributed by atoms with van der Waals surface area (Å²) in [6.45, 7) is -1.53. The summed E-state index contributed by atoms with van der Waals surface area (Å²) >= 11 is 1.91. The number of hydrogen-bond donors (Lipinski definition) is 3. The molecule has 2 aliphatic heterocycles. The maximum absolute atomic E-state index is 12.9. The normalized spacial score (nSPS) is 20.0. The number of fused-ring (bicyclic) bond motifs is 1. The van der Waals surface area contributed by atoms with Crippen LogP contribution in [0.15, 0.2) is 47.0 Å². The van der Waals surface area contributed by atoms with Gasteiger partial charge in [-0.25, -0.2) is 9.36 Å². The van der Waals surface area contributed by atoms with Crippen LogP contribution < -0.4 is 15.6 Å². The minimum absolute atomic E-state index is 0.0740. The number of pyridine rings is 1. The van der Waals surface area contributed by atoms with Crippen LogP contribution in [0.4, 0.5) is 18.3 Å². The van der Waals surface area contributed by atoms with Crippen molar-refractivity contribution in [2.45, 2.75) is 24.1 Å². The summed E-state index contributed by atoms with van der Waals surface area (Å²) in [7, 11) is 0. The summed E-state index contributed by atoms with van der Waals surface area (Å²) in [5, 5.41) is 14.5. The zero-order chi connectivity index (χ0) is 26.0. The summed E-state index contributed by atoms with van der Waals surface area (Å²) in [6, 6.07) is 4.21. The van der Waals surface area contributed by atoms with E-state index in [1.165, 1.54) is 11.8 Å². The largest absolute Gasteiger partial charge is 0.477 e. The van der Waals surface area contributed by atoms with Crippen molar-refractivity contribution in [3.8, 4) is 0 Å². The molecule has 2 atom stereocenters. The highest BCUT2D eigenvalue weighted by atomic mass is 32.2. The Morgan fingerprint density at radius 1 is 1.33 bits per heavy atom. The lowest BCUT2D eigenvalue weighted by Gasteiger charge is -2.49. The van der Waals surface area contributed by atoms with Crippen molar-refractivity contribution in [3.63, 3.8) is 0 Å². The third-order valence-electron chi connectivity index (χ3n) is 4.94. The topological polar surface area (TPSA) is 164 Å². The van der Waals surface area contributed by atoms with Crippen molar-refractivity contribution in [2.24, 2.45) is 5.16 Å². The van der Waals surface area contributed by atoms with Gasteiger partial charge in [0.1, 0.15) is 17.1 Å². The van der Waals surface area contributed by atoms with Crippen molar-refractivity contribution in [3.05, 3.63) is 47.7 Å². The van der Waals surface area contributed by atoms with Gasteiger partial charge in [-0.05, 0) is 0 Å². The molecule has 0 aromatic carbocycles. The molecular weight excluding hydrogens is 527 g/mol. The number of halogens is 3. The third kappa shape index (κ3) is 5.40. The minimum atomic E-state index is -4.71. The highest BCUT2D eigenvalue weighted by Gasteiger charge is 2.55. The zero-order valence-corrected chi connectivity index (χ0v) is 19.6. The van der Waals surface area contributed by atoms with E-state index < -0.39 is 47.7 Å². The van der Waals surface area contributed by atoms with Gasteiger partial charge in [-0.15, -0.1) is 11.8 Å². The number of aromatic nitrogens is 3. The van der Waals surface area contributed by atoms with Gasteiger partial charge in [-0.2, -0.15) is 22.5 Å². The lowest BCUT2D eigenvalue weighted by Crippen LogP contribution is -2.71. The molecule has 1 fully saturated rings. The Morgan fingerprint density at radius 3 is 2.67 bits per heavy atom. The van der Waals surface area contributed by atoms with Crippen LogP contribution in [0, 0.1) is 0 Å². The minimum Gasteiger partial charge on any atom is -0.477 e. The fraction of sp³-hybridized carbons (Fsp3) is 0.316. The fourth-order valence-electron chi connectivity index (χ4n) is 3.46. The molecule has 0 aliphatic carbocycles. The van der Waals surface area contributed by atoms with Crippen LogP contribution in [0.5, 0.6) is 0 Å². The van der Waals surface area contributed by atoms with E-state index >= 15 is 0 Å². The number of aliphatic carboxylic acids is 1. The number of β-lactam (4-membered cyclic amide) rings is 1. The van der Waals surface area contributed by atoms with Crippen molar-refractivity contribution in [1.82, 2.24) is 19.6 Å². The third-order valence-corrected chi connectivity index (χ3v) is 6.82. The summed E-state index contributed by atoms with van der Waals surface area (Å²) in [5.74, 6) is -3.19. The van der Waals surface area contributed by atoms with Gasteiger partial charge >= 0.3 is 12.1 Å². The zero-order valence-electron chi connectivity index (χ0n) is 18.0. The van der Waals surface area contributed by atoms with E-state index in [2.05, 4.69) is 24.7 Å². The molecule has 1 unspecified atom stereocenters. The molecule has 12 nitrogen and oxygen atoms in total. The second kappa shape index (κ2) is 10.1. The van der Waals surface area contributed by atoms with Crippen LogP contribution in [-0.4, -0.2) is 72.8 Å². The first-order chi connectivity index (χ1) is 17.0. The number of rotatable bonds is 8. The molecule has 1 saturated heterocycles. The molecule has 17 heteroatoms. The molecule has 0 spiro atoms. The van der Waals surface area contributed by atoms with Gasteiger partial charge in [-0.1, -0.05) is 11.2 Å². The van der Waals surface area contributed by atoms with Crippen LogP contribution in [0.25, 0.3) is 0 Å². The van der Waals surface area contributed by atoms with Crippen molar-refractivity contribution < 1.29 is 42.1 Å².